The zero-order valence-electron chi connectivity index (χ0n) is 9.92. The molecular weight excluding hydrogens is 327 g/mol. The summed E-state index contributed by atoms with van der Waals surface area (Å²) in [4.78, 5) is 12.2. The van der Waals surface area contributed by atoms with E-state index in [1.807, 2.05) is 25.1 Å². The maximum absolute atomic E-state index is 12.2. The van der Waals surface area contributed by atoms with Crippen molar-refractivity contribution < 1.29 is 4.79 Å². The van der Waals surface area contributed by atoms with E-state index in [4.69, 9.17) is 5.73 Å². The van der Waals surface area contributed by atoms with Gasteiger partial charge in [-0.2, -0.15) is 0 Å². The van der Waals surface area contributed by atoms with E-state index in [9.17, 15) is 4.79 Å². The van der Waals surface area contributed by atoms with Crippen LogP contribution in [-0.4, -0.2) is 11.4 Å². The summed E-state index contributed by atoms with van der Waals surface area (Å²) in [5.74, 6) is -0.0416. The van der Waals surface area contributed by atoms with Crippen LogP contribution in [0.3, 0.4) is 0 Å². The summed E-state index contributed by atoms with van der Waals surface area (Å²) >= 11 is 2.24. The number of hydrogen-bond donors (Lipinski definition) is 2. The Bertz CT molecular complexity index is 439. The highest BCUT2D eigenvalue weighted by Gasteiger charge is 2.37. The molecule has 0 heterocycles. The number of anilines is 1. The molecule has 0 aliphatic heterocycles. The number of carbonyl (C=O) groups excluding carboxylic acids is 1. The number of amides is 1. The van der Waals surface area contributed by atoms with Crippen LogP contribution in [0.1, 0.15) is 31.2 Å². The van der Waals surface area contributed by atoms with Gasteiger partial charge in [0.05, 0.1) is 5.54 Å². The van der Waals surface area contributed by atoms with Crippen molar-refractivity contribution >= 4 is 34.2 Å². The molecule has 0 radical (unpaired) electrons. The fourth-order valence-electron chi connectivity index (χ4n) is 2.21. The van der Waals surface area contributed by atoms with E-state index >= 15 is 0 Å². The van der Waals surface area contributed by atoms with Gasteiger partial charge in [0.1, 0.15) is 0 Å². The van der Waals surface area contributed by atoms with Crippen molar-refractivity contribution in [1.29, 1.82) is 0 Å². The number of nitrogens with one attached hydrogen (secondary N) is 1. The lowest BCUT2D eigenvalue weighted by Crippen LogP contribution is -2.48. The number of aryl methyl sites for hydroxylation is 1. The maximum Gasteiger partial charge on any atom is 0.244 e. The molecule has 3 N–H and O–H groups in total. The Labute approximate surface area is 115 Å². The number of halogens is 1. The second kappa shape index (κ2) is 4.94. The molecule has 1 amide bonds. The quantitative estimate of drug-likeness (QED) is 0.811. The maximum atomic E-state index is 12.2. The molecule has 17 heavy (non-hydrogen) atoms. The molecular formula is C13H17IN2O. The average molecular weight is 344 g/mol. The lowest BCUT2D eigenvalue weighted by Gasteiger charge is -2.23. The SMILES string of the molecule is Cc1ccc(I)cc1NC(=O)C1(N)CCCC1. The number of carbonyl (C=O) groups is 1. The summed E-state index contributed by atoms with van der Waals surface area (Å²) in [5.41, 5.74) is 7.41. The van der Waals surface area contributed by atoms with Crippen LogP contribution in [0.5, 0.6) is 0 Å². The monoisotopic (exact) mass is 344 g/mol. The van der Waals surface area contributed by atoms with Crippen molar-refractivity contribution in [3.63, 3.8) is 0 Å². The van der Waals surface area contributed by atoms with Gasteiger partial charge in [-0.05, 0) is 60.1 Å². The first-order valence-corrected chi connectivity index (χ1v) is 6.96. The fourth-order valence-corrected chi connectivity index (χ4v) is 2.70. The van der Waals surface area contributed by atoms with Gasteiger partial charge in [0.2, 0.25) is 5.91 Å². The molecule has 0 unspecified atom stereocenters. The third-order valence-electron chi connectivity index (χ3n) is 3.40. The van der Waals surface area contributed by atoms with Crippen LogP contribution in [0.15, 0.2) is 18.2 Å². The zero-order chi connectivity index (χ0) is 12.5. The molecule has 3 nitrogen and oxygen atoms in total. The van der Waals surface area contributed by atoms with Gasteiger partial charge >= 0.3 is 0 Å². The molecule has 1 aromatic carbocycles. The molecule has 0 bridgehead atoms. The largest absolute Gasteiger partial charge is 0.324 e. The molecule has 1 aliphatic rings. The molecule has 2 rings (SSSR count). The Hall–Kier alpha value is -0.620. The predicted octanol–water partition coefficient (Wildman–Crippen LogP) is 2.81. The average Bonchev–Trinajstić information content (AvgIpc) is 2.72. The Balaban J connectivity index is 2.15. The lowest BCUT2D eigenvalue weighted by atomic mass is 9.98. The van der Waals surface area contributed by atoms with E-state index in [1.165, 1.54) is 0 Å². The molecule has 1 aliphatic carbocycles. The summed E-state index contributed by atoms with van der Waals surface area (Å²) < 4.78 is 1.11. The Morgan fingerprint density at radius 2 is 2.06 bits per heavy atom. The van der Waals surface area contributed by atoms with E-state index in [2.05, 4.69) is 27.9 Å². The first-order valence-electron chi connectivity index (χ1n) is 5.88. The van der Waals surface area contributed by atoms with Gasteiger partial charge in [-0.25, -0.2) is 0 Å². The van der Waals surface area contributed by atoms with Gasteiger partial charge in [-0.15, -0.1) is 0 Å². The molecule has 4 heteroatoms. The highest BCUT2D eigenvalue weighted by Crippen LogP contribution is 2.29. The van der Waals surface area contributed by atoms with Crippen LogP contribution in [-0.2, 0) is 4.79 Å². The van der Waals surface area contributed by atoms with Gasteiger partial charge in [0.15, 0.2) is 0 Å². The van der Waals surface area contributed by atoms with Crippen LogP contribution in [0.25, 0.3) is 0 Å². The van der Waals surface area contributed by atoms with Gasteiger partial charge in [0, 0.05) is 9.26 Å². The van der Waals surface area contributed by atoms with Gasteiger partial charge in [-0.3, -0.25) is 4.79 Å². The first-order chi connectivity index (χ1) is 8.01. The third-order valence-corrected chi connectivity index (χ3v) is 4.07. The third kappa shape index (κ3) is 2.80. The topological polar surface area (TPSA) is 55.1 Å². The molecule has 1 saturated carbocycles. The van der Waals surface area contributed by atoms with Crippen molar-refractivity contribution in [3.8, 4) is 0 Å². The second-order valence-corrected chi connectivity index (χ2v) is 6.02. The van der Waals surface area contributed by atoms with Crippen molar-refractivity contribution in [3.05, 3.63) is 27.3 Å². The summed E-state index contributed by atoms with van der Waals surface area (Å²) in [7, 11) is 0. The standard InChI is InChI=1S/C13H17IN2O/c1-9-4-5-10(14)8-11(9)16-12(17)13(15)6-2-3-7-13/h4-5,8H,2-3,6-7,15H2,1H3,(H,16,17). The van der Waals surface area contributed by atoms with Gasteiger partial charge < -0.3 is 11.1 Å². The van der Waals surface area contributed by atoms with E-state index in [-0.39, 0.29) is 5.91 Å². The van der Waals surface area contributed by atoms with Crippen molar-refractivity contribution in [2.75, 3.05) is 5.32 Å². The van der Waals surface area contributed by atoms with Gasteiger partial charge in [0.25, 0.3) is 0 Å². The lowest BCUT2D eigenvalue weighted by molar-refractivity contribution is -0.121. The smallest absolute Gasteiger partial charge is 0.244 e. The normalized spacial score (nSPS) is 18.1. The number of benzene rings is 1. The molecule has 0 saturated heterocycles. The van der Waals surface area contributed by atoms with Crippen LogP contribution in [0.2, 0.25) is 0 Å². The predicted molar refractivity (Wildman–Crippen MR) is 77.9 cm³/mol. The van der Waals surface area contributed by atoms with Crippen LogP contribution in [0, 0.1) is 10.5 Å². The highest BCUT2D eigenvalue weighted by molar-refractivity contribution is 14.1. The minimum absolute atomic E-state index is 0.0416. The summed E-state index contributed by atoms with van der Waals surface area (Å²) in [6.45, 7) is 1.99. The van der Waals surface area contributed by atoms with Crippen molar-refractivity contribution in [2.45, 2.75) is 38.1 Å². The van der Waals surface area contributed by atoms with Crippen molar-refractivity contribution in [2.24, 2.45) is 5.73 Å². The molecule has 92 valence electrons. The molecule has 0 spiro atoms. The van der Waals surface area contributed by atoms with E-state index in [1.54, 1.807) is 0 Å². The molecule has 0 atom stereocenters. The van der Waals surface area contributed by atoms with Crippen LogP contribution in [0.4, 0.5) is 5.69 Å². The van der Waals surface area contributed by atoms with Crippen LogP contribution < -0.4 is 11.1 Å². The second-order valence-electron chi connectivity index (χ2n) is 4.78. The van der Waals surface area contributed by atoms with Crippen molar-refractivity contribution in [1.82, 2.24) is 0 Å². The summed E-state index contributed by atoms with van der Waals surface area (Å²) in [6.07, 6.45) is 3.69. The zero-order valence-corrected chi connectivity index (χ0v) is 12.1. The van der Waals surface area contributed by atoms with E-state index < -0.39 is 5.54 Å². The fraction of sp³-hybridized carbons (Fsp3) is 0.462. The number of rotatable bonds is 2. The Morgan fingerprint density at radius 1 is 1.41 bits per heavy atom. The molecule has 1 fully saturated rings. The minimum atomic E-state index is -0.659. The Morgan fingerprint density at radius 3 is 2.71 bits per heavy atom. The summed E-state index contributed by atoms with van der Waals surface area (Å²) in [5, 5.41) is 2.96. The Kier molecular flexibility index (Phi) is 3.73. The highest BCUT2D eigenvalue weighted by atomic mass is 127. The summed E-state index contributed by atoms with van der Waals surface area (Å²) in [6, 6.07) is 6.01. The minimum Gasteiger partial charge on any atom is -0.324 e. The van der Waals surface area contributed by atoms with Gasteiger partial charge in [-0.1, -0.05) is 18.9 Å². The number of hydrogen-bond acceptors (Lipinski definition) is 2. The molecule has 1 aromatic rings. The van der Waals surface area contributed by atoms with Crippen LogP contribution >= 0.6 is 22.6 Å². The first kappa shape index (κ1) is 12.8. The number of nitrogens with two attached hydrogens (primary N) is 1. The van der Waals surface area contributed by atoms with E-state index in [0.717, 1.165) is 40.5 Å². The van der Waals surface area contributed by atoms with E-state index in [0.29, 0.717) is 0 Å². The molecule has 0 aromatic heterocycles.